The molecule has 2 aromatic rings. The van der Waals surface area contributed by atoms with Gasteiger partial charge in [-0.3, -0.25) is 9.79 Å². The summed E-state index contributed by atoms with van der Waals surface area (Å²) in [4.78, 5) is 18.0. The Morgan fingerprint density at radius 2 is 1.83 bits per heavy atom. The van der Waals surface area contributed by atoms with Gasteiger partial charge in [-0.2, -0.15) is 0 Å². The number of aliphatic imine (C=N–C) groups is 1. The molecule has 0 aromatic heterocycles. The quantitative estimate of drug-likeness (QED) is 0.584. The van der Waals surface area contributed by atoms with Gasteiger partial charge in [0.2, 0.25) is 5.91 Å². The Morgan fingerprint density at radius 1 is 1.10 bits per heavy atom. The van der Waals surface area contributed by atoms with Gasteiger partial charge in [0.25, 0.3) is 0 Å². The molecule has 0 bridgehead atoms. The maximum Gasteiger partial charge on any atom is 0.227 e. The molecule has 1 saturated carbocycles. The van der Waals surface area contributed by atoms with Crippen LogP contribution in [0.3, 0.4) is 0 Å². The zero-order chi connectivity index (χ0) is 20.3. The van der Waals surface area contributed by atoms with Crippen LogP contribution >= 0.6 is 0 Å². The Bertz CT molecular complexity index is 888. The predicted molar refractivity (Wildman–Crippen MR) is 114 cm³/mol. The minimum Gasteiger partial charge on any atom is -0.356 e. The Balaban J connectivity index is 1.29. The summed E-state index contributed by atoms with van der Waals surface area (Å²) in [5.41, 5.74) is 3.35. The Labute approximate surface area is 171 Å². The Morgan fingerprint density at radius 3 is 2.41 bits per heavy atom. The zero-order valence-electron chi connectivity index (χ0n) is 16.7. The highest BCUT2D eigenvalue weighted by Gasteiger charge is 2.44. The number of rotatable bonds is 6. The lowest BCUT2D eigenvalue weighted by atomic mass is 9.96. The van der Waals surface area contributed by atoms with Crippen LogP contribution in [0.2, 0.25) is 0 Å². The molecule has 1 saturated heterocycles. The molecule has 4 rings (SSSR count). The van der Waals surface area contributed by atoms with Gasteiger partial charge >= 0.3 is 0 Å². The predicted octanol–water partition coefficient (Wildman–Crippen LogP) is 3.35. The molecule has 6 heteroatoms. The van der Waals surface area contributed by atoms with Gasteiger partial charge in [-0.1, -0.05) is 24.3 Å². The maximum absolute atomic E-state index is 13.2. The SMILES string of the molecule is CN=C(NCc1ccc(N2CCCC2=O)cc1)NCC1(c2ccc(F)cc2)CC1. The second-order valence-electron chi connectivity index (χ2n) is 7.88. The monoisotopic (exact) mass is 394 g/mol. The van der Waals surface area contributed by atoms with E-state index in [-0.39, 0.29) is 17.1 Å². The molecular formula is C23H27FN4O. The standard InChI is InChI=1S/C23H27FN4O/c1-25-22(27-16-23(12-13-23)18-6-8-19(24)9-7-18)26-15-17-4-10-20(11-5-17)28-14-2-3-21(28)29/h4-11H,2-3,12-16H2,1H3,(H2,25,26,27). The van der Waals surface area contributed by atoms with Crippen molar-refractivity contribution >= 4 is 17.6 Å². The fourth-order valence-corrected chi connectivity index (χ4v) is 3.90. The third kappa shape index (κ3) is 4.42. The van der Waals surface area contributed by atoms with E-state index in [2.05, 4.69) is 15.6 Å². The molecule has 1 amide bonds. The van der Waals surface area contributed by atoms with E-state index in [1.807, 2.05) is 41.3 Å². The average molecular weight is 394 g/mol. The van der Waals surface area contributed by atoms with Crippen LogP contribution in [0.4, 0.5) is 10.1 Å². The van der Waals surface area contributed by atoms with E-state index >= 15 is 0 Å². The largest absolute Gasteiger partial charge is 0.356 e. The van der Waals surface area contributed by atoms with Gasteiger partial charge in [0, 0.05) is 44.2 Å². The van der Waals surface area contributed by atoms with Crippen molar-refractivity contribution in [3.05, 3.63) is 65.5 Å². The van der Waals surface area contributed by atoms with Crippen molar-refractivity contribution in [3.63, 3.8) is 0 Å². The van der Waals surface area contributed by atoms with Crippen molar-refractivity contribution in [2.75, 3.05) is 25.0 Å². The Hall–Kier alpha value is -2.89. The molecule has 0 atom stereocenters. The molecule has 2 aliphatic rings. The van der Waals surface area contributed by atoms with Gasteiger partial charge in [-0.05, 0) is 54.7 Å². The molecule has 2 aromatic carbocycles. The molecule has 0 radical (unpaired) electrons. The first-order valence-corrected chi connectivity index (χ1v) is 10.2. The average Bonchev–Trinajstić information content (AvgIpc) is 3.42. The van der Waals surface area contributed by atoms with E-state index < -0.39 is 0 Å². The van der Waals surface area contributed by atoms with E-state index in [0.29, 0.717) is 13.0 Å². The van der Waals surface area contributed by atoms with Crippen molar-refractivity contribution in [1.82, 2.24) is 10.6 Å². The Kier molecular flexibility index (Phi) is 5.51. The van der Waals surface area contributed by atoms with Crippen molar-refractivity contribution < 1.29 is 9.18 Å². The molecule has 2 N–H and O–H groups in total. The van der Waals surface area contributed by atoms with Crippen LogP contribution in [0.1, 0.15) is 36.8 Å². The number of benzene rings is 2. The number of nitrogens with one attached hydrogen (secondary N) is 2. The minimum absolute atomic E-state index is 0.0786. The number of nitrogens with zero attached hydrogens (tertiary/aromatic N) is 2. The summed E-state index contributed by atoms with van der Waals surface area (Å²) in [5, 5.41) is 6.75. The zero-order valence-corrected chi connectivity index (χ0v) is 16.7. The lowest BCUT2D eigenvalue weighted by Crippen LogP contribution is -2.40. The summed E-state index contributed by atoms with van der Waals surface area (Å²) >= 11 is 0. The number of guanidine groups is 1. The number of amides is 1. The first-order valence-electron chi connectivity index (χ1n) is 10.2. The smallest absolute Gasteiger partial charge is 0.227 e. The molecule has 1 aliphatic heterocycles. The minimum atomic E-state index is -0.199. The van der Waals surface area contributed by atoms with Crippen LogP contribution in [0.15, 0.2) is 53.5 Å². The number of hydrogen-bond acceptors (Lipinski definition) is 2. The summed E-state index contributed by atoms with van der Waals surface area (Å²) in [6.07, 6.45) is 3.77. The highest BCUT2D eigenvalue weighted by atomic mass is 19.1. The van der Waals surface area contributed by atoms with E-state index in [0.717, 1.165) is 49.6 Å². The lowest BCUT2D eigenvalue weighted by Gasteiger charge is -2.19. The van der Waals surface area contributed by atoms with Crippen molar-refractivity contribution in [2.24, 2.45) is 4.99 Å². The van der Waals surface area contributed by atoms with Gasteiger partial charge in [0.1, 0.15) is 5.82 Å². The number of hydrogen-bond donors (Lipinski definition) is 2. The third-order valence-corrected chi connectivity index (χ3v) is 5.91. The highest BCUT2D eigenvalue weighted by Crippen LogP contribution is 2.47. The van der Waals surface area contributed by atoms with Crippen LogP contribution in [-0.2, 0) is 16.8 Å². The number of carbonyl (C=O) groups excluding carboxylic acids is 1. The highest BCUT2D eigenvalue weighted by molar-refractivity contribution is 5.95. The molecule has 1 heterocycles. The van der Waals surface area contributed by atoms with E-state index in [1.165, 1.54) is 17.7 Å². The number of anilines is 1. The summed E-state index contributed by atoms with van der Waals surface area (Å²) in [7, 11) is 1.76. The summed E-state index contributed by atoms with van der Waals surface area (Å²) in [5.74, 6) is 0.753. The first kappa shape index (κ1) is 19.4. The maximum atomic E-state index is 13.2. The summed E-state index contributed by atoms with van der Waals surface area (Å²) in [6, 6.07) is 14.9. The van der Waals surface area contributed by atoms with Gasteiger partial charge < -0.3 is 15.5 Å². The van der Waals surface area contributed by atoms with Gasteiger partial charge in [-0.15, -0.1) is 0 Å². The molecule has 29 heavy (non-hydrogen) atoms. The first-order chi connectivity index (χ1) is 14.1. The number of halogens is 1. The van der Waals surface area contributed by atoms with Crippen LogP contribution in [-0.4, -0.2) is 32.0 Å². The van der Waals surface area contributed by atoms with Gasteiger partial charge in [0.05, 0.1) is 0 Å². The topological polar surface area (TPSA) is 56.7 Å². The van der Waals surface area contributed by atoms with Crippen LogP contribution in [0, 0.1) is 5.82 Å². The van der Waals surface area contributed by atoms with Crippen molar-refractivity contribution in [1.29, 1.82) is 0 Å². The van der Waals surface area contributed by atoms with Crippen molar-refractivity contribution in [2.45, 2.75) is 37.6 Å². The second kappa shape index (κ2) is 8.23. The molecule has 0 unspecified atom stereocenters. The van der Waals surface area contributed by atoms with E-state index in [4.69, 9.17) is 0 Å². The fraction of sp³-hybridized carbons (Fsp3) is 0.391. The molecule has 5 nitrogen and oxygen atoms in total. The normalized spacial score (nSPS) is 18.1. The number of carbonyl (C=O) groups is 1. The third-order valence-electron chi connectivity index (χ3n) is 5.91. The van der Waals surface area contributed by atoms with Gasteiger partial charge in [0.15, 0.2) is 5.96 Å². The van der Waals surface area contributed by atoms with Crippen molar-refractivity contribution in [3.8, 4) is 0 Å². The van der Waals surface area contributed by atoms with Crippen LogP contribution in [0.5, 0.6) is 0 Å². The summed E-state index contributed by atoms with van der Waals surface area (Å²) < 4.78 is 13.2. The lowest BCUT2D eigenvalue weighted by molar-refractivity contribution is -0.117. The molecular weight excluding hydrogens is 367 g/mol. The van der Waals surface area contributed by atoms with Crippen LogP contribution in [0.25, 0.3) is 0 Å². The van der Waals surface area contributed by atoms with E-state index in [1.54, 1.807) is 7.05 Å². The van der Waals surface area contributed by atoms with Gasteiger partial charge in [-0.25, -0.2) is 4.39 Å². The molecule has 152 valence electrons. The molecule has 2 fully saturated rings. The fourth-order valence-electron chi connectivity index (χ4n) is 3.90. The van der Waals surface area contributed by atoms with E-state index in [9.17, 15) is 9.18 Å². The molecule has 1 aliphatic carbocycles. The van der Waals surface area contributed by atoms with Crippen LogP contribution < -0.4 is 15.5 Å². The molecule has 0 spiro atoms. The second-order valence-corrected chi connectivity index (χ2v) is 7.88. The summed E-state index contributed by atoms with van der Waals surface area (Å²) in [6.45, 7) is 2.23.